The van der Waals surface area contributed by atoms with Crippen LogP contribution < -0.4 is 0 Å². The van der Waals surface area contributed by atoms with Crippen LogP contribution in [0.5, 0.6) is 0 Å². The van der Waals surface area contributed by atoms with Crippen molar-refractivity contribution in [2.45, 2.75) is 4.90 Å². The number of hydrogen-bond donors (Lipinski definition) is 0. The van der Waals surface area contributed by atoms with Crippen LogP contribution in [0.15, 0.2) is 35.2 Å². The fraction of sp³-hybridized carbons (Fsp3) is 0.364. The largest absolute Gasteiger partial charge is 0.463 e. The summed E-state index contributed by atoms with van der Waals surface area (Å²) in [5, 5.41) is 0. The summed E-state index contributed by atoms with van der Waals surface area (Å²) in [6.07, 6.45) is 0. The first kappa shape index (κ1) is 12.1. The van der Waals surface area contributed by atoms with Gasteiger partial charge in [-0.05, 0) is 12.1 Å². The van der Waals surface area contributed by atoms with Crippen LogP contribution in [0.2, 0.25) is 0 Å². The minimum atomic E-state index is -0.207. The van der Waals surface area contributed by atoms with Gasteiger partial charge in [0.25, 0.3) is 0 Å². The van der Waals surface area contributed by atoms with Crippen molar-refractivity contribution in [3.8, 4) is 0 Å². The van der Waals surface area contributed by atoms with Gasteiger partial charge in [-0.15, -0.1) is 11.8 Å². The second-order valence-corrected chi connectivity index (χ2v) is 3.86. The van der Waals surface area contributed by atoms with Crippen LogP contribution in [0, 0.1) is 0 Å². The number of rotatable bonds is 6. The van der Waals surface area contributed by atoms with Crippen molar-refractivity contribution in [1.29, 1.82) is 0 Å². The van der Waals surface area contributed by atoms with Crippen molar-refractivity contribution in [3.05, 3.63) is 30.3 Å². The predicted octanol–water partition coefficient (Wildman–Crippen LogP) is 1.97. The zero-order valence-electron chi connectivity index (χ0n) is 8.64. The number of hydrogen-bond acceptors (Lipinski definition) is 4. The molecule has 4 heteroatoms. The van der Waals surface area contributed by atoms with Crippen molar-refractivity contribution in [2.24, 2.45) is 0 Å². The first-order valence-electron chi connectivity index (χ1n) is 4.65. The summed E-state index contributed by atoms with van der Waals surface area (Å²) in [5.74, 6) is 0.134. The van der Waals surface area contributed by atoms with Gasteiger partial charge < -0.3 is 9.47 Å². The molecule has 0 fully saturated rings. The lowest BCUT2D eigenvalue weighted by atomic mass is 10.4. The molecule has 0 amide bonds. The van der Waals surface area contributed by atoms with Gasteiger partial charge in [-0.2, -0.15) is 0 Å². The highest BCUT2D eigenvalue weighted by Gasteiger charge is 2.03. The Hall–Kier alpha value is -1.00. The normalized spacial score (nSPS) is 9.93. The molecule has 0 aromatic heterocycles. The number of ether oxygens (including phenoxy) is 2. The Kier molecular flexibility index (Phi) is 5.88. The van der Waals surface area contributed by atoms with Crippen molar-refractivity contribution >= 4 is 17.7 Å². The van der Waals surface area contributed by atoms with Gasteiger partial charge in [0.1, 0.15) is 6.61 Å². The number of benzene rings is 1. The van der Waals surface area contributed by atoms with Gasteiger partial charge in [-0.3, -0.25) is 4.79 Å². The van der Waals surface area contributed by atoms with Crippen molar-refractivity contribution < 1.29 is 14.3 Å². The summed E-state index contributed by atoms with van der Waals surface area (Å²) in [6.45, 7) is 0.770. The van der Waals surface area contributed by atoms with Crippen LogP contribution in [0.4, 0.5) is 0 Å². The molecule has 1 rings (SSSR count). The first-order chi connectivity index (χ1) is 7.33. The lowest BCUT2D eigenvalue weighted by molar-refractivity contribution is -0.141. The molecule has 0 atom stereocenters. The lowest BCUT2D eigenvalue weighted by Crippen LogP contribution is -2.11. The minimum Gasteiger partial charge on any atom is -0.463 e. The van der Waals surface area contributed by atoms with Crippen LogP contribution in [0.1, 0.15) is 0 Å². The second-order valence-electron chi connectivity index (χ2n) is 2.81. The highest BCUT2D eigenvalue weighted by molar-refractivity contribution is 8.00. The second kappa shape index (κ2) is 7.31. The molecule has 0 bridgehead atoms. The molecular formula is C11H14O3S. The van der Waals surface area contributed by atoms with E-state index in [1.54, 1.807) is 7.11 Å². The molecule has 15 heavy (non-hydrogen) atoms. The molecule has 3 nitrogen and oxygen atoms in total. The number of esters is 1. The van der Waals surface area contributed by atoms with Gasteiger partial charge in [0, 0.05) is 12.0 Å². The fourth-order valence-electron chi connectivity index (χ4n) is 0.939. The van der Waals surface area contributed by atoms with E-state index in [0.29, 0.717) is 19.0 Å². The van der Waals surface area contributed by atoms with Crippen LogP contribution in [0.25, 0.3) is 0 Å². The Bertz CT molecular complexity index is 287. The molecule has 0 radical (unpaired) electrons. The lowest BCUT2D eigenvalue weighted by Gasteiger charge is -2.03. The molecule has 1 aromatic carbocycles. The first-order valence-corrected chi connectivity index (χ1v) is 5.64. The van der Waals surface area contributed by atoms with Crippen molar-refractivity contribution in [1.82, 2.24) is 0 Å². The molecule has 82 valence electrons. The summed E-state index contributed by atoms with van der Waals surface area (Å²) < 4.78 is 9.69. The van der Waals surface area contributed by atoms with E-state index in [1.807, 2.05) is 30.3 Å². The van der Waals surface area contributed by atoms with Crippen molar-refractivity contribution in [2.75, 3.05) is 26.1 Å². The van der Waals surface area contributed by atoms with E-state index in [1.165, 1.54) is 11.8 Å². The van der Waals surface area contributed by atoms with Crippen LogP contribution in [-0.2, 0) is 14.3 Å². The number of thioether (sulfide) groups is 1. The van der Waals surface area contributed by atoms with Gasteiger partial charge in [0.2, 0.25) is 0 Å². The maximum absolute atomic E-state index is 11.2. The van der Waals surface area contributed by atoms with E-state index >= 15 is 0 Å². The summed E-state index contributed by atoms with van der Waals surface area (Å²) in [7, 11) is 1.58. The maximum Gasteiger partial charge on any atom is 0.316 e. The van der Waals surface area contributed by atoms with E-state index in [4.69, 9.17) is 9.47 Å². The minimum absolute atomic E-state index is 0.207. The highest BCUT2D eigenvalue weighted by atomic mass is 32.2. The van der Waals surface area contributed by atoms with Gasteiger partial charge in [0.05, 0.1) is 12.4 Å². The molecule has 0 N–H and O–H groups in total. The Morgan fingerprint density at radius 2 is 2.00 bits per heavy atom. The molecule has 1 aromatic rings. The Morgan fingerprint density at radius 1 is 1.27 bits per heavy atom. The molecule has 0 aliphatic rings. The molecule has 0 saturated carbocycles. The third-order valence-electron chi connectivity index (χ3n) is 1.65. The number of carbonyl (C=O) groups excluding carboxylic acids is 1. The van der Waals surface area contributed by atoms with Crippen LogP contribution in [0.3, 0.4) is 0 Å². The number of methoxy groups -OCH3 is 1. The quantitative estimate of drug-likeness (QED) is 0.422. The standard InChI is InChI=1S/C11H14O3S/c1-13-7-8-14-11(12)9-15-10-5-3-2-4-6-10/h2-6H,7-9H2,1H3. The fourth-order valence-corrected chi connectivity index (χ4v) is 1.66. The Balaban J connectivity index is 2.17. The zero-order chi connectivity index (χ0) is 10.9. The number of carbonyl (C=O) groups is 1. The summed E-state index contributed by atoms with van der Waals surface area (Å²) in [6, 6.07) is 9.76. The van der Waals surface area contributed by atoms with E-state index in [2.05, 4.69) is 0 Å². The van der Waals surface area contributed by atoms with Crippen molar-refractivity contribution in [3.63, 3.8) is 0 Å². The molecule has 0 heterocycles. The summed E-state index contributed by atoms with van der Waals surface area (Å²) >= 11 is 1.47. The topological polar surface area (TPSA) is 35.5 Å². The third kappa shape index (κ3) is 5.44. The predicted molar refractivity (Wildman–Crippen MR) is 60.0 cm³/mol. The maximum atomic E-state index is 11.2. The Morgan fingerprint density at radius 3 is 2.67 bits per heavy atom. The van der Waals surface area contributed by atoms with E-state index in [-0.39, 0.29) is 5.97 Å². The molecule has 0 unspecified atom stereocenters. The highest BCUT2D eigenvalue weighted by Crippen LogP contribution is 2.16. The molecular weight excluding hydrogens is 212 g/mol. The van der Waals surface area contributed by atoms with E-state index in [9.17, 15) is 4.79 Å². The third-order valence-corrected chi connectivity index (χ3v) is 2.64. The van der Waals surface area contributed by atoms with E-state index in [0.717, 1.165) is 4.90 Å². The average molecular weight is 226 g/mol. The van der Waals surface area contributed by atoms with Gasteiger partial charge in [-0.1, -0.05) is 18.2 Å². The smallest absolute Gasteiger partial charge is 0.316 e. The zero-order valence-corrected chi connectivity index (χ0v) is 9.46. The molecule has 0 aliphatic carbocycles. The average Bonchev–Trinajstić information content (AvgIpc) is 2.28. The SMILES string of the molecule is COCCOC(=O)CSc1ccccc1. The van der Waals surface area contributed by atoms with Gasteiger partial charge in [0.15, 0.2) is 0 Å². The molecule has 0 aliphatic heterocycles. The van der Waals surface area contributed by atoms with Gasteiger partial charge in [-0.25, -0.2) is 0 Å². The Labute approximate surface area is 93.8 Å². The van der Waals surface area contributed by atoms with Gasteiger partial charge >= 0.3 is 5.97 Å². The van der Waals surface area contributed by atoms with Crippen LogP contribution >= 0.6 is 11.8 Å². The molecule has 0 spiro atoms. The molecule has 0 saturated heterocycles. The summed E-state index contributed by atoms with van der Waals surface area (Å²) in [5.41, 5.74) is 0. The van der Waals surface area contributed by atoms with E-state index < -0.39 is 0 Å². The van der Waals surface area contributed by atoms with Crippen LogP contribution in [-0.4, -0.2) is 32.0 Å². The monoisotopic (exact) mass is 226 g/mol. The summed E-state index contributed by atoms with van der Waals surface area (Å²) in [4.78, 5) is 12.3.